The van der Waals surface area contributed by atoms with Gasteiger partial charge in [-0.3, -0.25) is 4.68 Å². The van der Waals surface area contributed by atoms with E-state index in [2.05, 4.69) is 23.2 Å². The summed E-state index contributed by atoms with van der Waals surface area (Å²) in [6, 6.07) is 6.02. The van der Waals surface area contributed by atoms with E-state index >= 15 is 0 Å². The van der Waals surface area contributed by atoms with Crippen molar-refractivity contribution in [1.29, 1.82) is 0 Å². The predicted octanol–water partition coefficient (Wildman–Crippen LogP) is 4.77. The molecule has 3 aliphatic carbocycles. The Kier molecular flexibility index (Phi) is 4.37. The number of fused-ring (bicyclic) bond motifs is 5. The molecule has 0 saturated heterocycles. The maximum Gasteiger partial charge on any atom is 0.115 e. The lowest BCUT2D eigenvalue weighted by Gasteiger charge is -2.49. The lowest BCUT2D eigenvalue weighted by Crippen LogP contribution is -2.42. The molecule has 2 fully saturated rings. The summed E-state index contributed by atoms with van der Waals surface area (Å²) in [7, 11) is 1.93. The predicted molar refractivity (Wildman–Crippen MR) is 116 cm³/mol. The standard InChI is InChI=1S/C24H30N4O/c1-15-17(14-28(3)27-15)13-25-26-23-9-8-22-21-6-4-16-12-18(29)5-7-19(16)20(21)10-11-24(22,23)2/h5,7,12-14,20-22,29H,4,6,8-11H2,1-3H3/b25-13-,26-23-/t20-,21-,22-,24+/m0/s1. The van der Waals surface area contributed by atoms with E-state index in [0.29, 0.717) is 17.6 Å². The molecule has 1 aromatic heterocycles. The Labute approximate surface area is 172 Å². The van der Waals surface area contributed by atoms with Gasteiger partial charge in [-0.1, -0.05) is 13.0 Å². The molecule has 0 bridgehead atoms. The summed E-state index contributed by atoms with van der Waals surface area (Å²) in [5.74, 6) is 2.46. The van der Waals surface area contributed by atoms with Crippen molar-refractivity contribution >= 4 is 11.9 Å². The average Bonchev–Trinajstić information content (AvgIpc) is 3.19. The van der Waals surface area contributed by atoms with E-state index in [1.807, 2.05) is 43.2 Å². The summed E-state index contributed by atoms with van der Waals surface area (Å²) in [6.45, 7) is 4.43. The number of phenols is 1. The molecule has 0 radical (unpaired) electrons. The van der Waals surface area contributed by atoms with Gasteiger partial charge >= 0.3 is 0 Å². The van der Waals surface area contributed by atoms with Crippen molar-refractivity contribution in [3.63, 3.8) is 0 Å². The normalized spacial score (nSPS) is 32.4. The quantitative estimate of drug-likeness (QED) is 0.593. The van der Waals surface area contributed by atoms with Crippen LogP contribution in [-0.2, 0) is 13.5 Å². The Bertz CT molecular complexity index is 1000. The van der Waals surface area contributed by atoms with Crippen molar-refractivity contribution in [3.05, 3.63) is 46.8 Å². The van der Waals surface area contributed by atoms with Crippen LogP contribution in [0, 0.1) is 24.2 Å². The molecule has 152 valence electrons. The monoisotopic (exact) mass is 390 g/mol. The third kappa shape index (κ3) is 3.02. The smallest absolute Gasteiger partial charge is 0.115 e. The maximum absolute atomic E-state index is 9.86. The molecule has 2 aromatic rings. The van der Waals surface area contributed by atoms with E-state index in [0.717, 1.165) is 30.0 Å². The van der Waals surface area contributed by atoms with Crippen LogP contribution in [0.5, 0.6) is 5.75 Å². The molecule has 0 spiro atoms. The van der Waals surface area contributed by atoms with Crippen LogP contribution >= 0.6 is 0 Å². The summed E-state index contributed by atoms with van der Waals surface area (Å²) >= 11 is 0. The van der Waals surface area contributed by atoms with Gasteiger partial charge in [0.05, 0.1) is 11.9 Å². The zero-order valence-corrected chi connectivity index (χ0v) is 17.6. The molecule has 2 saturated carbocycles. The third-order valence-electron chi connectivity index (χ3n) is 7.88. The van der Waals surface area contributed by atoms with Gasteiger partial charge in [0, 0.05) is 29.9 Å². The number of rotatable bonds is 2. The van der Waals surface area contributed by atoms with E-state index in [-0.39, 0.29) is 5.41 Å². The van der Waals surface area contributed by atoms with Gasteiger partial charge < -0.3 is 5.11 Å². The van der Waals surface area contributed by atoms with Crippen LogP contribution in [0.25, 0.3) is 0 Å². The van der Waals surface area contributed by atoms with E-state index in [4.69, 9.17) is 5.10 Å². The highest BCUT2D eigenvalue weighted by Crippen LogP contribution is 2.60. The number of benzene rings is 1. The molecule has 3 aliphatic rings. The topological polar surface area (TPSA) is 62.8 Å². The van der Waals surface area contributed by atoms with Gasteiger partial charge in [0.1, 0.15) is 5.75 Å². The molecule has 29 heavy (non-hydrogen) atoms. The van der Waals surface area contributed by atoms with Gasteiger partial charge in [-0.2, -0.15) is 15.3 Å². The summed E-state index contributed by atoms with van der Waals surface area (Å²) in [4.78, 5) is 0. The zero-order chi connectivity index (χ0) is 20.2. The molecule has 0 amide bonds. The molecule has 5 rings (SSSR count). The minimum Gasteiger partial charge on any atom is -0.508 e. The van der Waals surface area contributed by atoms with E-state index in [1.165, 1.54) is 42.5 Å². The van der Waals surface area contributed by atoms with Crippen molar-refractivity contribution in [1.82, 2.24) is 9.78 Å². The molecule has 1 heterocycles. The Hall–Kier alpha value is -2.43. The van der Waals surface area contributed by atoms with E-state index in [9.17, 15) is 5.11 Å². The Morgan fingerprint density at radius 1 is 1.24 bits per heavy atom. The minimum absolute atomic E-state index is 0.177. The lowest BCUT2D eigenvalue weighted by atomic mass is 9.55. The second-order valence-electron chi connectivity index (χ2n) is 9.43. The van der Waals surface area contributed by atoms with Crippen molar-refractivity contribution in [2.75, 3.05) is 0 Å². The van der Waals surface area contributed by atoms with E-state index < -0.39 is 0 Å². The maximum atomic E-state index is 9.86. The average molecular weight is 391 g/mol. The van der Waals surface area contributed by atoms with Gasteiger partial charge in [-0.25, -0.2) is 0 Å². The van der Waals surface area contributed by atoms with Crippen molar-refractivity contribution < 1.29 is 5.11 Å². The van der Waals surface area contributed by atoms with Crippen molar-refractivity contribution in [3.8, 4) is 5.75 Å². The number of aromatic hydroxyl groups is 1. The SMILES string of the molecule is Cc1nn(C)cc1/C=N\N=C1\CC[C@H]2[C@H]3CCc4cc(O)ccc4[C@@H]3CC[C@@]12C. The second-order valence-corrected chi connectivity index (χ2v) is 9.43. The highest BCUT2D eigenvalue weighted by atomic mass is 16.3. The molecule has 4 atom stereocenters. The number of hydrogen-bond donors (Lipinski definition) is 1. The summed E-state index contributed by atoms with van der Waals surface area (Å²) in [5.41, 5.74) is 6.33. The first-order chi connectivity index (χ1) is 14.0. The van der Waals surface area contributed by atoms with Gasteiger partial charge in [0.25, 0.3) is 0 Å². The van der Waals surface area contributed by atoms with Crippen LogP contribution in [-0.4, -0.2) is 26.8 Å². The van der Waals surface area contributed by atoms with Crippen molar-refractivity contribution in [2.24, 2.45) is 34.5 Å². The first kappa shape index (κ1) is 18.6. The van der Waals surface area contributed by atoms with Crippen LogP contribution < -0.4 is 0 Å². The van der Waals surface area contributed by atoms with Gasteiger partial charge in [-0.05, 0) is 86.5 Å². The molecule has 5 heteroatoms. The molecular formula is C24H30N4O. The fourth-order valence-corrected chi connectivity index (χ4v) is 6.43. The minimum atomic E-state index is 0.177. The zero-order valence-electron chi connectivity index (χ0n) is 17.6. The second kappa shape index (κ2) is 6.82. The number of aromatic nitrogens is 2. The Morgan fingerprint density at radius 3 is 2.90 bits per heavy atom. The largest absolute Gasteiger partial charge is 0.508 e. The summed E-state index contributed by atoms with van der Waals surface area (Å²) in [6.07, 6.45) is 10.8. The molecule has 1 N–H and O–H groups in total. The number of hydrogen-bond acceptors (Lipinski definition) is 4. The highest BCUT2D eigenvalue weighted by molar-refractivity contribution is 5.93. The van der Waals surface area contributed by atoms with Gasteiger partial charge in [0.2, 0.25) is 0 Å². The fraction of sp³-hybridized carbons (Fsp3) is 0.542. The van der Waals surface area contributed by atoms with Crippen LogP contribution in [0.2, 0.25) is 0 Å². The first-order valence-corrected chi connectivity index (χ1v) is 10.9. The third-order valence-corrected chi connectivity index (χ3v) is 7.88. The number of phenolic OH excluding ortho intramolecular Hbond substituents is 1. The van der Waals surface area contributed by atoms with Crippen molar-refractivity contribution in [2.45, 2.75) is 58.3 Å². The van der Waals surface area contributed by atoms with Crippen LogP contribution in [0.3, 0.4) is 0 Å². The van der Waals surface area contributed by atoms with E-state index in [1.54, 1.807) is 0 Å². The van der Waals surface area contributed by atoms with Crippen LogP contribution in [0.1, 0.15) is 67.3 Å². The molecule has 0 aliphatic heterocycles. The number of aryl methyl sites for hydroxylation is 3. The Morgan fingerprint density at radius 2 is 2.10 bits per heavy atom. The van der Waals surface area contributed by atoms with Crippen LogP contribution in [0.4, 0.5) is 0 Å². The molecule has 0 unspecified atom stereocenters. The summed E-state index contributed by atoms with van der Waals surface area (Å²) in [5, 5.41) is 23.4. The highest BCUT2D eigenvalue weighted by Gasteiger charge is 2.53. The number of nitrogens with zero attached hydrogens (tertiary/aromatic N) is 4. The first-order valence-electron chi connectivity index (χ1n) is 10.9. The van der Waals surface area contributed by atoms with Crippen LogP contribution in [0.15, 0.2) is 34.6 Å². The van der Waals surface area contributed by atoms with Gasteiger partial charge in [0.15, 0.2) is 0 Å². The molecular weight excluding hydrogens is 360 g/mol. The van der Waals surface area contributed by atoms with Gasteiger partial charge in [-0.15, -0.1) is 0 Å². The Balaban J connectivity index is 1.39. The lowest BCUT2D eigenvalue weighted by molar-refractivity contribution is 0.0955. The summed E-state index contributed by atoms with van der Waals surface area (Å²) < 4.78 is 1.82. The molecule has 5 nitrogen and oxygen atoms in total. The fourth-order valence-electron chi connectivity index (χ4n) is 6.43. The molecule has 1 aromatic carbocycles.